The van der Waals surface area contributed by atoms with Gasteiger partial charge in [-0.3, -0.25) is 0 Å². The molecular weight excluding hydrogens is 374 g/mol. The number of anilines is 2. The van der Waals surface area contributed by atoms with E-state index in [-0.39, 0.29) is 0 Å². The van der Waals surface area contributed by atoms with Crippen molar-refractivity contribution in [3.05, 3.63) is 78.0 Å². The van der Waals surface area contributed by atoms with E-state index in [0.29, 0.717) is 25.1 Å². The summed E-state index contributed by atoms with van der Waals surface area (Å²) in [6, 6.07) is 20.8. The van der Waals surface area contributed by atoms with Gasteiger partial charge in [-0.15, -0.1) is 0 Å². The maximum atomic E-state index is 5.87. The molecule has 3 heterocycles. The fraction of sp³-hybridized carbons (Fsp3) is 0.250. The van der Waals surface area contributed by atoms with E-state index >= 15 is 0 Å². The lowest BCUT2D eigenvalue weighted by Crippen LogP contribution is -2.37. The zero-order valence-electron chi connectivity index (χ0n) is 17.2. The SMILES string of the molecule is CC1Cn2ccc3nc(NCc4ccc(OCc5ccccc5)cc4)nc(c32)N1C. The van der Waals surface area contributed by atoms with Gasteiger partial charge in [0.15, 0.2) is 5.82 Å². The van der Waals surface area contributed by atoms with Crippen LogP contribution in [0.5, 0.6) is 5.75 Å². The Labute approximate surface area is 176 Å². The molecule has 2 aromatic heterocycles. The van der Waals surface area contributed by atoms with Gasteiger partial charge in [-0.1, -0.05) is 42.5 Å². The molecule has 30 heavy (non-hydrogen) atoms. The number of nitrogens with one attached hydrogen (secondary N) is 1. The molecular formula is C24H25N5O. The van der Waals surface area contributed by atoms with Crippen LogP contribution in [0.4, 0.5) is 11.8 Å². The van der Waals surface area contributed by atoms with Crippen LogP contribution in [0.15, 0.2) is 66.9 Å². The summed E-state index contributed by atoms with van der Waals surface area (Å²) in [4.78, 5) is 11.7. The molecule has 1 aliphatic rings. The maximum Gasteiger partial charge on any atom is 0.225 e. The first-order valence-electron chi connectivity index (χ1n) is 10.3. The summed E-state index contributed by atoms with van der Waals surface area (Å²) in [6.45, 7) is 4.40. The molecule has 6 heteroatoms. The van der Waals surface area contributed by atoms with Crippen molar-refractivity contribution < 1.29 is 4.74 Å². The Kier molecular flexibility index (Phi) is 4.75. The van der Waals surface area contributed by atoms with Gasteiger partial charge >= 0.3 is 0 Å². The van der Waals surface area contributed by atoms with Gasteiger partial charge in [0.1, 0.15) is 17.9 Å². The first kappa shape index (κ1) is 18.5. The van der Waals surface area contributed by atoms with Crippen LogP contribution in [0.3, 0.4) is 0 Å². The van der Waals surface area contributed by atoms with Gasteiger partial charge in [-0.25, -0.2) is 4.98 Å². The standard InChI is InChI=1S/C24H25N5O/c1-17-15-29-13-12-21-22(29)23(28(17)2)27-24(26-21)25-14-18-8-10-20(11-9-18)30-16-19-6-4-3-5-7-19/h3-13,17H,14-16H2,1-2H3,(H,25,26,27). The van der Waals surface area contributed by atoms with E-state index in [4.69, 9.17) is 14.7 Å². The second-order valence-corrected chi connectivity index (χ2v) is 7.80. The maximum absolute atomic E-state index is 5.87. The summed E-state index contributed by atoms with van der Waals surface area (Å²) in [5.41, 5.74) is 4.40. The van der Waals surface area contributed by atoms with Crippen molar-refractivity contribution in [3.8, 4) is 5.75 Å². The average molecular weight is 399 g/mol. The Balaban J connectivity index is 1.26. The van der Waals surface area contributed by atoms with E-state index in [1.165, 1.54) is 0 Å². The zero-order valence-corrected chi connectivity index (χ0v) is 17.2. The van der Waals surface area contributed by atoms with Crippen molar-refractivity contribution >= 4 is 22.8 Å². The minimum absolute atomic E-state index is 0.402. The summed E-state index contributed by atoms with van der Waals surface area (Å²) in [7, 11) is 2.10. The van der Waals surface area contributed by atoms with Crippen LogP contribution in [-0.2, 0) is 19.7 Å². The van der Waals surface area contributed by atoms with E-state index in [1.807, 2.05) is 30.3 Å². The predicted molar refractivity (Wildman–Crippen MR) is 120 cm³/mol. The molecule has 0 amide bonds. The van der Waals surface area contributed by atoms with E-state index in [0.717, 1.165) is 40.3 Å². The van der Waals surface area contributed by atoms with Crippen LogP contribution < -0.4 is 15.0 Å². The van der Waals surface area contributed by atoms with Crippen LogP contribution >= 0.6 is 0 Å². The van der Waals surface area contributed by atoms with Crippen molar-refractivity contribution in [3.63, 3.8) is 0 Å². The van der Waals surface area contributed by atoms with Gasteiger partial charge < -0.3 is 19.5 Å². The fourth-order valence-corrected chi connectivity index (χ4v) is 3.81. The molecule has 0 spiro atoms. The third kappa shape index (κ3) is 3.56. The Morgan fingerprint density at radius 1 is 1.00 bits per heavy atom. The van der Waals surface area contributed by atoms with Crippen molar-refractivity contribution in [2.75, 3.05) is 17.3 Å². The van der Waals surface area contributed by atoms with Crippen LogP contribution in [0.25, 0.3) is 11.0 Å². The molecule has 2 aromatic carbocycles. The number of nitrogens with zero attached hydrogens (tertiary/aromatic N) is 4. The summed E-state index contributed by atoms with van der Waals surface area (Å²) in [6.07, 6.45) is 2.10. The number of hydrogen-bond acceptors (Lipinski definition) is 5. The fourth-order valence-electron chi connectivity index (χ4n) is 3.81. The largest absolute Gasteiger partial charge is 0.489 e. The van der Waals surface area contributed by atoms with Crippen LogP contribution in [-0.4, -0.2) is 27.6 Å². The van der Waals surface area contributed by atoms with E-state index < -0.39 is 0 Å². The average Bonchev–Trinajstić information content (AvgIpc) is 3.19. The number of hydrogen-bond donors (Lipinski definition) is 1. The molecule has 1 N–H and O–H groups in total. The first-order chi connectivity index (χ1) is 14.7. The third-order valence-electron chi connectivity index (χ3n) is 5.67. The minimum atomic E-state index is 0.402. The van der Waals surface area contributed by atoms with Gasteiger partial charge in [0.25, 0.3) is 0 Å². The van der Waals surface area contributed by atoms with E-state index in [9.17, 15) is 0 Å². The number of benzene rings is 2. The van der Waals surface area contributed by atoms with Gasteiger partial charge in [0.05, 0.1) is 5.52 Å². The van der Waals surface area contributed by atoms with Gasteiger partial charge in [0.2, 0.25) is 5.95 Å². The molecule has 0 saturated carbocycles. The first-order valence-corrected chi connectivity index (χ1v) is 10.3. The molecule has 0 radical (unpaired) electrons. The predicted octanol–water partition coefficient (Wildman–Crippen LogP) is 4.46. The minimum Gasteiger partial charge on any atom is -0.489 e. The second-order valence-electron chi connectivity index (χ2n) is 7.80. The molecule has 1 aliphatic heterocycles. The van der Waals surface area contributed by atoms with E-state index in [2.05, 4.69) is 65.3 Å². The summed E-state index contributed by atoms with van der Waals surface area (Å²) >= 11 is 0. The Bertz CT molecular complexity index is 1150. The highest BCUT2D eigenvalue weighted by molar-refractivity contribution is 5.89. The lowest BCUT2D eigenvalue weighted by Gasteiger charge is -2.32. The Morgan fingerprint density at radius 2 is 1.80 bits per heavy atom. The molecule has 1 unspecified atom stereocenters. The van der Waals surface area contributed by atoms with Crippen LogP contribution in [0.1, 0.15) is 18.1 Å². The molecule has 0 aliphatic carbocycles. The van der Waals surface area contributed by atoms with Gasteiger partial charge in [0, 0.05) is 32.4 Å². The lowest BCUT2D eigenvalue weighted by molar-refractivity contribution is 0.306. The lowest BCUT2D eigenvalue weighted by atomic mass is 10.2. The summed E-state index contributed by atoms with van der Waals surface area (Å²) in [5, 5.41) is 3.37. The number of rotatable bonds is 6. The Morgan fingerprint density at radius 3 is 2.60 bits per heavy atom. The van der Waals surface area contributed by atoms with Crippen LogP contribution in [0.2, 0.25) is 0 Å². The molecule has 152 valence electrons. The van der Waals surface area contributed by atoms with Gasteiger partial charge in [-0.05, 0) is 36.2 Å². The van der Waals surface area contributed by atoms with Gasteiger partial charge in [-0.2, -0.15) is 4.98 Å². The smallest absolute Gasteiger partial charge is 0.225 e. The molecule has 1 atom stereocenters. The molecule has 6 nitrogen and oxygen atoms in total. The molecule has 0 fully saturated rings. The quantitative estimate of drug-likeness (QED) is 0.519. The Hall–Kier alpha value is -3.54. The van der Waals surface area contributed by atoms with Crippen molar-refractivity contribution in [1.29, 1.82) is 0 Å². The summed E-state index contributed by atoms with van der Waals surface area (Å²) < 4.78 is 8.11. The topological polar surface area (TPSA) is 55.2 Å². The highest BCUT2D eigenvalue weighted by atomic mass is 16.5. The molecule has 4 aromatic rings. The molecule has 0 saturated heterocycles. The summed E-state index contributed by atoms with van der Waals surface area (Å²) in [5.74, 6) is 2.50. The van der Waals surface area contributed by atoms with E-state index in [1.54, 1.807) is 0 Å². The highest BCUT2D eigenvalue weighted by Crippen LogP contribution is 2.31. The monoisotopic (exact) mass is 399 g/mol. The number of likely N-dealkylation sites (N-methyl/N-ethyl adjacent to an activating group) is 1. The van der Waals surface area contributed by atoms with Crippen molar-refractivity contribution in [1.82, 2.24) is 14.5 Å². The number of ether oxygens (including phenoxy) is 1. The third-order valence-corrected chi connectivity index (χ3v) is 5.67. The second kappa shape index (κ2) is 7.71. The zero-order chi connectivity index (χ0) is 20.5. The highest BCUT2D eigenvalue weighted by Gasteiger charge is 2.24. The molecule has 5 rings (SSSR count). The number of aromatic nitrogens is 3. The van der Waals surface area contributed by atoms with Crippen LogP contribution in [0, 0.1) is 0 Å². The normalized spacial score (nSPS) is 15.4. The molecule has 0 bridgehead atoms. The van der Waals surface area contributed by atoms with Crippen molar-refractivity contribution in [2.24, 2.45) is 0 Å². The van der Waals surface area contributed by atoms with Crippen molar-refractivity contribution in [2.45, 2.75) is 32.7 Å².